The van der Waals surface area contributed by atoms with E-state index in [1.54, 1.807) is 18.4 Å². The van der Waals surface area contributed by atoms with Crippen LogP contribution in [0.25, 0.3) is 32.7 Å². The Kier molecular flexibility index (Phi) is 2.90. The highest BCUT2D eigenvalue weighted by Crippen LogP contribution is 2.36. The van der Waals surface area contributed by atoms with Crippen molar-refractivity contribution in [2.24, 2.45) is 0 Å². The molecular weight excluding hydrogens is 276 g/mol. The highest BCUT2D eigenvalue weighted by atomic mass is 32.1. The van der Waals surface area contributed by atoms with Gasteiger partial charge < -0.3 is 4.74 Å². The summed E-state index contributed by atoms with van der Waals surface area (Å²) in [7, 11) is 1.73. The van der Waals surface area contributed by atoms with Crippen LogP contribution in [0.5, 0.6) is 5.06 Å². The van der Waals surface area contributed by atoms with Crippen LogP contribution in [0.4, 0.5) is 0 Å². The second kappa shape index (κ2) is 4.90. The highest BCUT2D eigenvalue weighted by molar-refractivity contribution is 7.12. The van der Waals surface area contributed by atoms with Crippen molar-refractivity contribution in [3.8, 4) is 16.2 Å². The predicted octanol–water partition coefficient (Wildman–Crippen LogP) is 5.73. The molecule has 0 amide bonds. The average molecular weight is 290 g/mol. The first kappa shape index (κ1) is 12.4. The maximum absolute atomic E-state index is 5.44. The zero-order valence-corrected chi connectivity index (χ0v) is 12.5. The van der Waals surface area contributed by atoms with Crippen LogP contribution in [0.15, 0.2) is 66.0 Å². The van der Waals surface area contributed by atoms with Gasteiger partial charge in [-0.1, -0.05) is 36.4 Å². The van der Waals surface area contributed by atoms with Crippen LogP contribution in [0, 0.1) is 0 Å². The van der Waals surface area contributed by atoms with Crippen LogP contribution in [0.3, 0.4) is 0 Å². The normalized spacial score (nSPS) is 11.1. The van der Waals surface area contributed by atoms with Crippen LogP contribution in [-0.4, -0.2) is 7.11 Å². The van der Waals surface area contributed by atoms with Crippen LogP contribution in [-0.2, 0) is 0 Å². The SMILES string of the molecule is COc1sccc1-c1ccc2cc3ccccc3cc2c1. The van der Waals surface area contributed by atoms with Gasteiger partial charge in [-0.2, -0.15) is 0 Å². The molecule has 0 saturated carbocycles. The Hall–Kier alpha value is -2.32. The summed E-state index contributed by atoms with van der Waals surface area (Å²) in [4.78, 5) is 0. The summed E-state index contributed by atoms with van der Waals surface area (Å²) >= 11 is 1.63. The third-order valence-corrected chi connectivity index (χ3v) is 4.70. The molecular formula is C19H14OS. The maximum Gasteiger partial charge on any atom is 0.181 e. The number of thiophene rings is 1. The van der Waals surface area contributed by atoms with Gasteiger partial charge in [0, 0.05) is 5.56 Å². The summed E-state index contributed by atoms with van der Waals surface area (Å²) in [5.74, 6) is 0. The number of ether oxygens (including phenoxy) is 1. The molecule has 0 spiro atoms. The molecule has 0 saturated heterocycles. The molecule has 0 unspecified atom stereocenters. The monoisotopic (exact) mass is 290 g/mol. The molecule has 0 aliphatic carbocycles. The smallest absolute Gasteiger partial charge is 0.181 e. The third kappa shape index (κ3) is 2.08. The molecule has 1 heterocycles. The van der Waals surface area contributed by atoms with Gasteiger partial charge in [0.1, 0.15) is 0 Å². The number of rotatable bonds is 2. The Morgan fingerprint density at radius 2 is 1.48 bits per heavy atom. The van der Waals surface area contributed by atoms with E-state index in [-0.39, 0.29) is 0 Å². The molecule has 4 aromatic rings. The molecule has 2 heteroatoms. The summed E-state index contributed by atoms with van der Waals surface area (Å²) in [6.45, 7) is 0. The van der Waals surface area contributed by atoms with Gasteiger partial charge >= 0.3 is 0 Å². The van der Waals surface area contributed by atoms with E-state index < -0.39 is 0 Å². The number of hydrogen-bond acceptors (Lipinski definition) is 2. The second-order valence-electron chi connectivity index (χ2n) is 5.09. The number of hydrogen-bond donors (Lipinski definition) is 0. The van der Waals surface area contributed by atoms with E-state index in [0.29, 0.717) is 0 Å². The van der Waals surface area contributed by atoms with E-state index in [1.807, 2.05) is 0 Å². The lowest BCUT2D eigenvalue weighted by atomic mass is 10.00. The Morgan fingerprint density at radius 1 is 0.762 bits per heavy atom. The van der Waals surface area contributed by atoms with E-state index in [9.17, 15) is 0 Å². The number of methoxy groups -OCH3 is 1. The zero-order valence-electron chi connectivity index (χ0n) is 11.7. The molecule has 0 aliphatic rings. The molecule has 0 fully saturated rings. The van der Waals surface area contributed by atoms with Gasteiger partial charge in [0.25, 0.3) is 0 Å². The maximum atomic E-state index is 5.44. The topological polar surface area (TPSA) is 9.23 Å². The van der Waals surface area contributed by atoms with E-state index in [0.717, 1.165) is 10.6 Å². The molecule has 4 rings (SSSR count). The highest BCUT2D eigenvalue weighted by Gasteiger charge is 2.08. The van der Waals surface area contributed by atoms with Gasteiger partial charge in [0.2, 0.25) is 0 Å². The van der Waals surface area contributed by atoms with Crippen LogP contribution in [0.1, 0.15) is 0 Å². The fraction of sp³-hybridized carbons (Fsp3) is 0.0526. The molecule has 0 aliphatic heterocycles. The van der Waals surface area contributed by atoms with Gasteiger partial charge in [-0.3, -0.25) is 0 Å². The number of benzene rings is 3. The lowest BCUT2D eigenvalue weighted by Gasteiger charge is -2.06. The molecule has 1 nitrogen and oxygen atoms in total. The van der Waals surface area contributed by atoms with E-state index in [4.69, 9.17) is 4.74 Å². The first-order valence-corrected chi connectivity index (χ1v) is 7.77. The predicted molar refractivity (Wildman–Crippen MR) is 91.3 cm³/mol. The molecule has 0 N–H and O–H groups in total. The Bertz CT molecular complexity index is 937. The Labute approximate surface area is 127 Å². The molecule has 0 atom stereocenters. The molecule has 102 valence electrons. The van der Waals surface area contributed by atoms with Gasteiger partial charge in [-0.05, 0) is 56.8 Å². The van der Waals surface area contributed by atoms with Crippen molar-refractivity contribution in [2.75, 3.05) is 7.11 Å². The van der Waals surface area contributed by atoms with Gasteiger partial charge in [-0.15, -0.1) is 11.3 Å². The summed E-state index contributed by atoms with van der Waals surface area (Å²) < 4.78 is 5.44. The van der Waals surface area contributed by atoms with Crippen molar-refractivity contribution in [3.63, 3.8) is 0 Å². The van der Waals surface area contributed by atoms with Crippen molar-refractivity contribution < 1.29 is 4.74 Å². The average Bonchev–Trinajstić information content (AvgIpc) is 3.01. The van der Waals surface area contributed by atoms with Gasteiger partial charge in [0.15, 0.2) is 5.06 Å². The molecule has 1 aromatic heterocycles. The van der Waals surface area contributed by atoms with Crippen LogP contribution in [0.2, 0.25) is 0 Å². The van der Waals surface area contributed by atoms with E-state index in [2.05, 4.69) is 66.0 Å². The fourth-order valence-corrected chi connectivity index (χ4v) is 3.51. The minimum Gasteiger partial charge on any atom is -0.487 e. The minimum atomic E-state index is 0.968. The molecule has 21 heavy (non-hydrogen) atoms. The summed E-state index contributed by atoms with van der Waals surface area (Å²) in [6.07, 6.45) is 0. The fourth-order valence-electron chi connectivity index (χ4n) is 2.78. The Balaban J connectivity index is 1.95. The lowest BCUT2D eigenvalue weighted by molar-refractivity contribution is 0.428. The quantitative estimate of drug-likeness (QED) is 0.428. The summed E-state index contributed by atoms with van der Waals surface area (Å²) in [5.41, 5.74) is 2.37. The van der Waals surface area contributed by atoms with E-state index >= 15 is 0 Å². The van der Waals surface area contributed by atoms with Crippen molar-refractivity contribution in [3.05, 3.63) is 66.0 Å². The van der Waals surface area contributed by atoms with E-state index in [1.165, 1.54) is 27.1 Å². The molecule has 3 aromatic carbocycles. The summed E-state index contributed by atoms with van der Waals surface area (Å²) in [5, 5.41) is 8.13. The molecule has 0 bridgehead atoms. The summed E-state index contributed by atoms with van der Waals surface area (Å²) in [6, 6.07) is 21.7. The third-order valence-electron chi connectivity index (χ3n) is 3.83. The van der Waals surface area contributed by atoms with Crippen LogP contribution < -0.4 is 4.74 Å². The molecule has 0 radical (unpaired) electrons. The van der Waals surface area contributed by atoms with Crippen molar-refractivity contribution in [2.45, 2.75) is 0 Å². The van der Waals surface area contributed by atoms with Crippen LogP contribution >= 0.6 is 11.3 Å². The second-order valence-corrected chi connectivity index (χ2v) is 5.97. The van der Waals surface area contributed by atoms with Gasteiger partial charge in [0.05, 0.1) is 7.11 Å². The number of fused-ring (bicyclic) bond motifs is 2. The van der Waals surface area contributed by atoms with Crippen molar-refractivity contribution >= 4 is 32.9 Å². The largest absolute Gasteiger partial charge is 0.487 e. The van der Waals surface area contributed by atoms with Gasteiger partial charge in [-0.25, -0.2) is 0 Å². The van der Waals surface area contributed by atoms with Crippen molar-refractivity contribution in [1.29, 1.82) is 0 Å². The standard InChI is InChI=1S/C19H14OS/c1-20-19-18(8-9-21-19)16-7-6-15-10-13-4-2-3-5-14(13)11-17(15)12-16/h2-12H,1H3. The van der Waals surface area contributed by atoms with Crippen molar-refractivity contribution in [1.82, 2.24) is 0 Å². The zero-order chi connectivity index (χ0) is 14.2. The first-order valence-electron chi connectivity index (χ1n) is 6.89. The Morgan fingerprint density at radius 3 is 2.24 bits per heavy atom. The lowest BCUT2D eigenvalue weighted by Crippen LogP contribution is -1.83. The minimum absolute atomic E-state index is 0.968. The first-order chi connectivity index (χ1) is 10.3.